The number of sulfonamides is 1. The van der Waals surface area contributed by atoms with E-state index in [-0.39, 0.29) is 37.0 Å². The number of pyridine rings is 1. The van der Waals surface area contributed by atoms with Gasteiger partial charge in [0.1, 0.15) is 4.90 Å². The lowest BCUT2D eigenvalue weighted by Crippen LogP contribution is -2.36. The van der Waals surface area contributed by atoms with Crippen LogP contribution in [0, 0.1) is 0 Å². The topological polar surface area (TPSA) is 129 Å². The molecule has 0 aliphatic heterocycles. The number of nitrogen functional groups attached to an aromatic ring is 1. The molecule has 0 saturated carbocycles. The summed E-state index contributed by atoms with van der Waals surface area (Å²) in [7, 11) is -3.91. The van der Waals surface area contributed by atoms with Crippen molar-refractivity contribution in [3.05, 3.63) is 16.7 Å². The number of aliphatic hydroxyl groups excluding tert-OH is 2. The van der Waals surface area contributed by atoms with E-state index in [9.17, 15) is 8.42 Å². The van der Waals surface area contributed by atoms with Crippen LogP contribution in [0.2, 0.25) is 0 Å². The summed E-state index contributed by atoms with van der Waals surface area (Å²) in [5.74, 6) is 5.23. The Hall–Kier alpha value is -0.780. The number of hydrogen-bond donors (Lipinski definition) is 4. The van der Waals surface area contributed by atoms with Gasteiger partial charge in [-0.05, 0) is 22.0 Å². The first-order chi connectivity index (χ1) is 8.97. The zero-order valence-electron chi connectivity index (χ0n) is 9.95. The molecule has 0 fully saturated rings. The largest absolute Gasteiger partial charge is 0.395 e. The molecule has 0 saturated heterocycles. The maximum absolute atomic E-state index is 12.4. The van der Waals surface area contributed by atoms with Crippen molar-refractivity contribution >= 4 is 31.8 Å². The molecule has 19 heavy (non-hydrogen) atoms. The van der Waals surface area contributed by atoms with Gasteiger partial charge >= 0.3 is 0 Å². The maximum Gasteiger partial charge on any atom is 0.246 e. The van der Waals surface area contributed by atoms with Crippen molar-refractivity contribution in [1.29, 1.82) is 0 Å². The molecule has 0 aliphatic rings. The Kier molecular flexibility index (Phi) is 6.10. The Bertz CT molecular complexity index is 519. The van der Waals surface area contributed by atoms with E-state index in [4.69, 9.17) is 16.1 Å². The number of nitrogens with two attached hydrogens (primary N) is 1. The molecule has 8 nitrogen and oxygen atoms in total. The van der Waals surface area contributed by atoms with Crippen molar-refractivity contribution in [1.82, 2.24) is 9.29 Å². The first-order valence-electron chi connectivity index (χ1n) is 5.31. The molecule has 0 aliphatic carbocycles. The molecule has 0 aromatic carbocycles. The van der Waals surface area contributed by atoms with Crippen LogP contribution in [0.4, 0.5) is 5.82 Å². The van der Waals surface area contributed by atoms with Gasteiger partial charge in [0.2, 0.25) is 10.0 Å². The molecule has 1 rings (SSSR count). The normalized spacial score (nSPS) is 11.8. The van der Waals surface area contributed by atoms with E-state index >= 15 is 0 Å². The van der Waals surface area contributed by atoms with E-state index < -0.39 is 10.0 Å². The van der Waals surface area contributed by atoms with E-state index in [1.54, 1.807) is 0 Å². The molecule has 0 bridgehead atoms. The number of nitrogens with one attached hydrogen (secondary N) is 1. The average molecular weight is 355 g/mol. The smallest absolute Gasteiger partial charge is 0.246 e. The van der Waals surface area contributed by atoms with Crippen LogP contribution in [0.5, 0.6) is 0 Å². The van der Waals surface area contributed by atoms with E-state index in [0.717, 1.165) is 4.31 Å². The Labute approximate surface area is 119 Å². The molecule has 1 heterocycles. The van der Waals surface area contributed by atoms with Crippen LogP contribution in [0.15, 0.2) is 21.6 Å². The number of halogens is 1. The lowest BCUT2D eigenvalue weighted by Gasteiger charge is -2.21. The molecule has 0 atom stereocenters. The standard InChI is InChI=1S/C9H15BrN4O4S/c10-7-5-8(9(13-11)12-6-7)19(17,18)14(1-3-15)2-4-16/h5-6,15-16H,1-4,11H2,(H,12,13). The van der Waals surface area contributed by atoms with Gasteiger partial charge in [-0.15, -0.1) is 0 Å². The SMILES string of the molecule is NNc1ncc(Br)cc1S(=O)(=O)N(CCO)CCO. The molecular formula is C9H15BrN4O4S. The molecule has 1 aromatic heterocycles. The Morgan fingerprint density at radius 3 is 2.42 bits per heavy atom. The zero-order chi connectivity index (χ0) is 14.5. The fourth-order valence-corrected chi connectivity index (χ4v) is 3.48. The minimum absolute atomic E-state index is 0.0101. The average Bonchev–Trinajstić information content (AvgIpc) is 2.38. The highest BCUT2D eigenvalue weighted by Crippen LogP contribution is 2.25. The minimum Gasteiger partial charge on any atom is -0.395 e. The lowest BCUT2D eigenvalue weighted by atomic mass is 10.5. The Morgan fingerprint density at radius 2 is 1.95 bits per heavy atom. The molecule has 0 unspecified atom stereocenters. The summed E-state index contributed by atoms with van der Waals surface area (Å²) in [5.41, 5.74) is 2.21. The highest BCUT2D eigenvalue weighted by Gasteiger charge is 2.27. The number of aliphatic hydroxyl groups is 2. The predicted octanol–water partition coefficient (Wildman–Crippen LogP) is -0.895. The molecule has 5 N–H and O–H groups in total. The number of aromatic nitrogens is 1. The van der Waals surface area contributed by atoms with E-state index in [1.165, 1.54) is 12.3 Å². The molecule has 0 radical (unpaired) electrons. The molecule has 1 aromatic rings. The van der Waals surface area contributed by atoms with Crippen LogP contribution in [0.1, 0.15) is 0 Å². The van der Waals surface area contributed by atoms with Crippen molar-refractivity contribution in [2.45, 2.75) is 4.90 Å². The third-order valence-corrected chi connectivity index (χ3v) is 4.62. The van der Waals surface area contributed by atoms with Gasteiger partial charge in [-0.25, -0.2) is 19.2 Å². The van der Waals surface area contributed by atoms with Crippen molar-refractivity contribution < 1.29 is 18.6 Å². The number of nitrogens with zero attached hydrogens (tertiary/aromatic N) is 2. The van der Waals surface area contributed by atoms with Crippen molar-refractivity contribution in [3.63, 3.8) is 0 Å². The van der Waals surface area contributed by atoms with Crippen LogP contribution in [0.25, 0.3) is 0 Å². The number of anilines is 1. The maximum atomic E-state index is 12.4. The summed E-state index contributed by atoms with van der Waals surface area (Å²) in [6.07, 6.45) is 1.40. The Morgan fingerprint density at radius 1 is 1.37 bits per heavy atom. The van der Waals surface area contributed by atoms with Gasteiger partial charge in [0.25, 0.3) is 0 Å². The summed E-state index contributed by atoms with van der Waals surface area (Å²) in [5, 5.41) is 17.8. The molecular weight excluding hydrogens is 340 g/mol. The second-order valence-corrected chi connectivity index (χ2v) is 6.32. The number of hydrazine groups is 1. The number of hydrogen-bond acceptors (Lipinski definition) is 7. The van der Waals surface area contributed by atoms with Crippen molar-refractivity contribution in [2.24, 2.45) is 5.84 Å². The van der Waals surface area contributed by atoms with Gasteiger partial charge in [0, 0.05) is 23.8 Å². The van der Waals surface area contributed by atoms with Crippen LogP contribution in [-0.2, 0) is 10.0 Å². The quantitative estimate of drug-likeness (QED) is 0.369. The molecule has 10 heteroatoms. The fraction of sp³-hybridized carbons (Fsp3) is 0.444. The highest BCUT2D eigenvalue weighted by molar-refractivity contribution is 9.10. The summed E-state index contributed by atoms with van der Waals surface area (Å²) in [6.45, 7) is -0.961. The predicted molar refractivity (Wildman–Crippen MR) is 72.7 cm³/mol. The Balaban J connectivity index is 3.27. The summed E-state index contributed by atoms with van der Waals surface area (Å²) in [4.78, 5) is 3.72. The third kappa shape index (κ3) is 3.84. The molecule has 0 spiro atoms. The first-order valence-corrected chi connectivity index (χ1v) is 7.54. The van der Waals surface area contributed by atoms with Crippen LogP contribution in [0.3, 0.4) is 0 Å². The van der Waals surface area contributed by atoms with E-state index in [2.05, 4.69) is 26.3 Å². The van der Waals surface area contributed by atoms with Crippen LogP contribution >= 0.6 is 15.9 Å². The molecule has 0 amide bonds. The van der Waals surface area contributed by atoms with Gasteiger partial charge in [0.05, 0.1) is 13.2 Å². The van der Waals surface area contributed by atoms with Crippen LogP contribution < -0.4 is 11.3 Å². The van der Waals surface area contributed by atoms with Gasteiger partial charge in [-0.1, -0.05) is 0 Å². The second-order valence-electron chi connectivity index (χ2n) is 3.50. The van der Waals surface area contributed by atoms with E-state index in [0.29, 0.717) is 4.47 Å². The van der Waals surface area contributed by atoms with Crippen molar-refractivity contribution in [2.75, 3.05) is 31.7 Å². The summed E-state index contributed by atoms with van der Waals surface area (Å²) < 4.78 is 26.2. The molecule has 108 valence electrons. The second kappa shape index (κ2) is 7.12. The fourth-order valence-electron chi connectivity index (χ4n) is 1.44. The van der Waals surface area contributed by atoms with Crippen molar-refractivity contribution in [3.8, 4) is 0 Å². The minimum atomic E-state index is -3.91. The van der Waals surface area contributed by atoms with Crippen LogP contribution in [-0.4, -0.2) is 54.2 Å². The summed E-state index contributed by atoms with van der Waals surface area (Å²) >= 11 is 3.13. The zero-order valence-corrected chi connectivity index (χ0v) is 12.4. The van der Waals surface area contributed by atoms with Gasteiger partial charge in [0.15, 0.2) is 5.82 Å². The van der Waals surface area contributed by atoms with Gasteiger partial charge in [-0.2, -0.15) is 4.31 Å². The monoisotopic (exact) mass is 354 g/mol. The van der Waals surface area contributed by atoms with Gasteiger partial charge < -0.3 is 15.6 Å². The highest BCUT2D eigenvalue weighted by atomic mass is 79.9. The number of rotatable bonds is 7. The lowest BCUT2D eigenvalue weighted by molar-refractivity contribution is 0.217. The van der Waals surface area contributed by atoms with Gasteiger partial charge in [-0.3, -0.25) is 0 Å². The first kappa shape index (κ1) is 16.3. The third-order valence-electron chi connectivity index (χ3n) is 2.27. The summed E-state index contributed by atoms with van der Waals surface area (Å²) in [6, 6.07) is 1.35. The van der Waals surface area contributed by atoms with E-state index in [1.807, 2.05) is 0 Å².